The largest absolute Gasteiger partial charge is 0.491 e. The number of hydrogen-bond donors (Lipinski definition) is 1. The molecule has 3 rings (SSSR count). The number of amides is 1. The molecule has 1 amide bonds. The Hall–Kier alpha value is -2.40. The third kappa shape index (κ3) is 3.74. The van der Waals surface area contributed by atoms with E-state index in [4.69, 9.17) is 4.74 Å². The summed E-state index contributed by atoms with van der Waals surface area (Å²) in [7, 11) is 0. The van der Waals surface area contributed by atoms with Gasteiger partial charge in [0.05, 0.1) is 0 Å². The maximum atomic E-state index is 13.6. The van der Waals surface area contributed by atoms with Crippen LogP contribution in [-0.2, 0) is 0 Å². The zero-order valence-corrected chi connectivity index (χ0v) is 13.3. The van der Waals surface area contributed by atoms with Crippen molar-refractivity contribution in [2.24, 2.45) is 0 Å². The molecule has 1 atom stereocenters. The lowest BCUT2D eigenvalue weighted by atomic mass is 10.1. The van der Waals surface area contributed by atoms with Crippen molar-refractivity contribution in [2.75, 3.05) is 19.7 Å². The molecule has 4 nitrogen and oxygen atoms in total. The summed E-state index contributed by atoms with van der Waals surface area (Å²) in [6.07, 6.45) is 1.07. The maximum absolute atomic E-state index is 13.6. The Bertz CT molecular complexity index is 696. The molecule has 1 aliphatic rings. The van der Waals surface area contributed by atoms with Gasteiger partial charge in [0.2, 0.25) is 0 Å². The second kappa shape index (κ2) is 7.45. The summed E-state index contributed by atoms with van der Waals surface area (Å²) >= 11 is 0. The molecule has 1 N–H and O–H groups in total. The van der Waals surface area contributed by atoms with Crippen LogP contribution in [0.5, 0.6) is 5.75 Å². The van der Waals surface area contributed by atoms with E-state index in [1.54, 1.807) is 36.4 Å². The number of rotatable bonds is 5. The molecule has 0 aromatic heterocycles. The summed E-state index contributed by atoms with van der Waals surface area (Å²) < 4.78 is 19.1. The van der Waals surface area contributed by atoms with E-state index in [9.17, 15) is 14.3 Å². The third-order valence-electron chi connectivity index (χ3n) is 4.17. The fourth-order valence-corrected chi connectivity index (χ4v) is 2.81. The minimum atomic E-state index is -1.04. The Balaban J connectivity index is 1.58. The number of carbonyl (C=O) groups is 1. The molecule has 0 spiro atoms. The SMILES string of the molecule is O=C(c1ccc(OC[C@H](O)c2ccccc2F)cc1)N1CCCC1. The minimum Gasteiger partial charge on any atom is -0.491 e. The Labute approximate surface area is 140 Å². The molecule has 1 fully saturated rings. The highest BCUT2D eigenvalue weighted by Crippen LogP contribution is 2.20. The zero-order chi connectivity index (χ0) is 16.9. The van der Waals surface area contributed by atoms with Gasteiger partial charge in [-0.2, -0.15) is 0 Å². The minimum absolute atomic E-state index is 0.0328. The molecular weight excluding hydrogens is 309 g/mol. The van der Waals surface area contributed by atoms with E-state index < -0.39 is 11.9 Å². The summed E-state index contributed by atoms with van der Waals surface area (Å²) in [4.78, 5) is 14.1. The molecular formula is C19H20FNO3. The molecule has 126 valence electrons. The summed E-state index contributed by atoms with van der Waals surface area (Å²) in [6.45, 7) is 1.57. The van der Waals surface area contributed by atoms with Crippen LogP contribution in [0.25, 0.3) is 0 Å². The molecule has 0 saturated carbocycles. The van der Waals surface area contributed by atoms with Crippen molar-refractivity contribution in [2.45, 2.75) is 18.9 Å². The van der Waals surface area contributed by atoms with Crippen LogP contribution < -0.4 is 4.74 Å². The molecule has 2 aromatic rings. The monoisotopic (exact) mass is 329 g/mol. The van der Waals surface area contributed by atoms with Gasteiger partial charge in [-0.25, -0.2) is 4.39 Å². The highest BCUT2D eigenvalue weighted by atomic mass is 19.1. The molecule has 5 heteroatoms. The molecule has 0 aliphatic carbocycles. The Morgan fingerprint density at radius 2 is 1.79 bits per heavy atom. The van der Waals surface area contributed by atoms with Crippen molar-refractivity contribution in [1.82, 2.24) is 4.90 Å². The number of benzene rings is 2. The number of ether oxygens (including phenoxy) is 1. The van der Waals surface area contributed by atoms with Crippen LogP contribution in [-0.4, -0.2) is 35.6 Å². The summed E-state index contributed by atoms with van der Waals surface area (Å²) in [5, 5.41) is 10.0. The topological polar surface area (TPSA) is 49.8 Å². The van der Waals surface area contributed by atoms with E-state index in [2.05, 4.69) is 0 Å². The first-order chi connectivity index (χ1) is 11.6. The third-order valence-corrected chi connectivity index (χ3v) is 4.17. The first-order valence-corrected chi connectivity index (χ1v) is 8.10. The highest BCUT2D eigenvalue weighted by molar-refractivity contribution is 5.94. The number of aliphatic hydroxyl groups excluding tert-OH is 1. The van der Waals surface area contributed by atoms with Gasteiger partial charge in [-0.1, -0.05) is 18.2 Å². The van der Waals surface area contributed by atoms with Gasteiger partial charge in [-0.05, 0) is 43.2 Å². The Morgan fingerprint density at radius 3 is 2.46 bits per heavy atom. The number of nitrogens with zero attached hydrogens (tertiary/aromatic N) is 1. The van der Waals surface area contributed by atoms with Crippen molar-refractivity contribution in [3.63, 3.8) is 0 Å². The second-order valence-corrected chi connectivity index (χ2v) is 5.87. The molecule has 0 bridgehead atoms. The summed E-state index contributed by atoms with van der Waals surface area (Å²) in [5.74, 6) is 0.106. The first kappa shape index (κ1) is 16.5. The average molecular weight is 329 g/mol. The Kier molecular flexibility index (Phi) is 5.11. The fourth-order valence-electron chi connectivity index (χ4n) is 2.81. The predicted octanol–water partition coefficient (Wildman–Crippen LogP) is 3.17. The van der Waals surface area contributed by atoms with Crippen LogP contribution in [0.1, 0.15) is 34.9 Å². The van der Waals surface area contributed by atoms with Gasteiger partial charge in [0.25, 0.3) is 5.91 Å². The van der Waals surface area contributed by atoms with Gasteiger partial charge < -0.3 is 14.7 Å². The normalized spacial score (nSPS) is 15.3. The Morgan fingerprint density at radius 1 is 1.12 bits per heavy atom. The van der Waals surface area contributed by atoms with Crippen LogP contribution in [0.4, 0.5) is 4.39 Å². The van der Waals surface area contributed by atoms with E-state index >= 15 is 0 Å². The van der Waals surface area contributed by atoms with E-state index in [1.807, 2.05) is 4.90 Å². The lowest BCUT2D eigenvalue weighted by molar-refractivity contribution is 0.0792. The van der Waals surface area contributed by atoms with Gasteiger partial charge in [0, 0.05) is 24.2 Å². The van der Waals surface area contributed by atoms with E-state index in [0.29, 0.717) is 11.3 Å². The van der Waals surface area contributed by atoms with E-state index in [1.165, 1.54) is 12.1 Å². The van der Waals surface area contributed by atoms with Crippen molar-refractivity contribution in [3.8, 4) is 5.75 Å². The van der Waals surface area contributed by atoms with Crippen LogP contribution in [0.15, 0.2) is 48.5 Å². The fraction of sp³-hybridized carbons (Fsp3) is 0.316. The van der Waals surface area contributed by atoms with Crippen molar-refractivity contribution in [3.05, 3.63) is 65.5 Å². The lowest BCUT2D eigenvalue weighted by Gasteiger charge is -2.16. The number of aliphatic hydroxyl groups is 1. The molecule has 0 radical (unpaired) electrons. The first-order valence-electron chi connectivity index (χ1n) is 8.10. The number of hydrogen-bond acceptors (Lipinski definition) is 3. The molecule has 2 aromatic carbocycles. The van der Waals surface area contributed by atoms with Gasteiger partial charge in [0.15, 0.2) is 0 Å². The second-order valence-electron chi connectivity index (χ2n) is 5.87. The quantitative estimate of drug-likeness (QED) is 0.916. The molecule has 1 heterocycles. The average Bonchev–Trinajstić information content (AvgIpc) is 3.14. The predicted molar refractivity (Wildman–Crippen MR) is 88.4 cm³/mol. The van der Waals surface area contributed by atoms with Crippen LogP contribution in [0.3, 0.4) is 0 Å². The number of carbonyl (C=O) groups excluding carboxylic acids is 1. The lowest BCUT2D eigenvalue weighted by Crippen LogP contribution is -2.27. The van der Waals surface area contributed by atoms with Gasteiger partial charge in [-0.15, -0.1) is 0 Å². The summed E-state index contributed by atoms with van der Waals surface area (Å²) in [6, 6.07) is 12.9. The smallest absolute Gasteiger partial charge is 0.253 e. The van der Waals surface area contributed by atoms with Gasteiger partial charge in [0.1, 0.15) is 24.3 Å². The summed E-state index contributed by atoms with van der Waals surface area (Å²) in [5.41, 5.74) is 0.831. The molecule has 1 aliphatic heterocycles. The van der Waals surface area contributed by atoms with Gasteiger partial charge in [-0.3, -0.25) is 4.79 Å². The van der Waals surface area contributed by atoms with E-state index in [-0.39, 0.29) is 18.1 Å². The number of likely N-dealkylation sites (tertiary alicyclic amines) is 1. The van der Waals surface area contributed by atoms with Crippen molar-refractivity contribution >= 4 is 5.91 Å². The standard InChI is InChI=1S/C19H20FNO3/c20-17-6-2-1-5-16(17)18(22)13-24-15-9-7-14(8-10-15)19(23)21-11-3-4-12-21/h1-2,5-10,18,22H,3-4,11-13H2/t18-/m0/s1. The number of halogens is 1. The van der Waals surface area contributed by atoms with Crippen molar-refractivity contribution in [1.29, 1.82) is 0 Å². The van der Waals surface area contributed by atoms with Crippen LogP contribution in [0, 0.1) is 5.82 Å². The molecule has 24 heavy (non-hydrogen) atoms. The highest BCUT2D eigenvalue weighted by Gasteiger charge is 2.19. The van der Waals surface area contributed by atoms with Crippen LogP contribution >= 0.6 is 0 Å². The zero-order valence-electron chi connectivity index (χ0n) is 13.3. The molecule has 0 unspecified atom stereocenters. The van der Waals surface area contributed by atoms with Gasteiger partial charge >= 0.3 is 0 Å². The van der Waals surface area contributed by atoms with Crippen molar-refractivity contribution < 1.29 is 19.0 Å². The van der Waals surface area contributed by atoms with Crippen LogP contribution in [0.2, 0.25) is 0 Å². The molecule has 1 saturated heterocycles. The maximum Gasteiger partial charge on any atom is 0.253 e. The van der Waals surface area contributed by atoms with E-state index in [0.717, 1.165) is 25.9 Å².